The normalized spacial score (nSPS) is 16.6. The second-order valence-corrected chi connectivity index (χ2v) is 6.39. The number of amides is 1. The van der Waals surface area contributed by atoms with Crippen molar-refractivity contribution in [1.29, 1.82) is 0 Å². The van der Waals surface area contributed by atoms with Crippen molar-refractivity contribution in [3.8, 4) is 0 Å². The highest BCUT2D eigenvalue weighted by Gasteiger charge is 2.26. The van der Waals surface area contributed by atoms with E-state index in [0.29, 0.717) is 0 Å². The topological polar surface area (TPSA) is 92.5 Å². The van der Waals surface area contributed by atoms with Gasteiger partial charge in [-0.25, -0.2) is 13.1 Å². The molecule has 0 unspecified atom stereocenters. The first-order valence-electron chi connectivity index (χ1n) is 5.97. The lowest BCUT2D eigenvalue weighted by atomic mass is 10.2. The Morgan fingerprint density at radius 2 is 2.16 bits per heavy atom. The lowest BCUT2D eigenvalue weighted by molar-refractivity contribution is -0.117. The van der Waals surface area contributed by atoms with E-state index in [9.17, 15) is 13.2 Å². The molecule has 0 saturated carbocycles. The van der Waals surface area contributed by atoms with Gasteiger partial charge in [-0.3, -0.25) is 4.79 Å². The number of carbonyl (C=O) groups is 1. The third-order valence-electron chi connectivity index (χ3n) is 3.15. The van der Waals surface area contributed by atoms with E-state index >= 15 is 0 Å². The number of sulfonamides is 1. The second-order valence-electron chi connectivity index (χ2n) is 4.68. The van der Waals surface area contributed by atoms with Gasteiger partial charge >= 0.3 is 0 Å². The van der Waals surface area contributed by atoms with E-state index in [2.05, 4.69) is 4.72 Å². The average Bonchev–Trinajstić information content (AvgIpc) is 2.64. The fourth-order valence-electron chi connectivity index (χ4n) is 1.99. The Morgan fingerprint density at radius 3 is 2.79 bits per heavy atom. The van der Waals surface area contributed by atoms with Gasteiger partial charge in [0.05, 0.1) is 11.3 Å². The zero-order valence-electron chi connectivity index (χ0n) is 10.9. The number of fused-ring (bicyclic) bond motifs is 1. The summed E-state index contributed by atoms with van der Waals surface area (Å²) in [5.41, 5.74) is 6.90. The van der Waals surface area contributed by atoms with Gasteiger partial charge in [0.25, 0.3) is 0 Å². The molecule has 1 aliphatic rings. The number of benzene rings is 1. The van der Waals surface area contributed by atoms with E-state index in [1.807, 2.05) is 0 Å². The SMILES string of the molecule is C[C@H](CN)NS(=O)(=O)c1ccc2c(c1)CC(=O)N2C. The Balaban J connectivity index is 2.34. The second kappa shape index (κ2) is 4.92. The third-order valence-corrected chi connectivity index (χ3v) is 4.74. The molecule has 0 aromatic heterocycles. The molecule has 1 aromatic rings. The summed E-state index contributed by atoms with van der Waals surface area (Å²) in [6.07, 6.45) is 0.238. The van der Waals surface area contributed by atoms with Gasteiger partial charge in [-0.1, -0.05) is 0 Å². The minimum atomic E-state index is -3.59. The molecular formula is C12H17N3O3S. The van der Waals surface area contributed by atoms with Crippen LogP contribution in [-0.2, 0) is 21.2 Å². The van der Waals surface area contributed by atoms with Crippen LogP contribution in [0.2, 0.25) is 0 Å². The summed E-state index contributed by atoms with van der Waals surface area (Å²) in [6, 6.07) is 4.37. The number of rotatable bonds is 4. The van der Waals surface area contributed by atoms with Crippen molar-refractivity contribution in [2.24, 2.45) is 5.73 Å². The number of hydrogen-bond donors (Lipinski definition) is 2. The maximum absolute atomic E-state index is 12.1. The minimum absolute atomic E-state index is 0.0344. The van der Waals surface area contributed by atoms with Gasteiger partial charge in [0, 0.05) is 25.3 Å². The predicted molar refractivity (Wildman–Crippen MR) is 72.4 cm³/mol. The molecule has 1 amide bonds. The molecular weight excluding hydrogens is 266 g/mol. The average molecular weight is 283 g/mol. The maximum Gasteiger partial charge on any atom is 0.240 e. The third kappa shape index (κ3) is 2.63. The zero-order valence-corrected chi connectivity index (χ0v) is 11.7. The van der Waals surface area contributed by atoms with Crippen LogP contribution in [0.3, 0.4) is 0 Å². The van der Waals surface area contributed by atoms with Crippen LogP contribution in [0.15, 0.2) is 23.1 Å². The summed E-state index contributed by atoms with van der Waals surface area (Å²) in [5.74, 6) is -0.0344. The molecule has 19 heavy (non-hydrogen) atoms. The van der Waals surface area contributed by atoms with E-state index in [1.54, 1.807) is 26.1 Å². The number of likely N-dealkylation sites (N-methyl/N-ethyl adjacent to an activating group) is 1. The van der Waals surface area contributed by atoms with Gasteiger partial charge in [0.15, 0.2) is 0 Å². The van der Waals surface area contributed by atoms with Crippen LogP contribution in [0.25, 0.3) is 0 Å². The molecule has 0 fully saturated rings. The van der Waals surface area contributed by atoms with Crippen molar-refractivity contribution in [2.45, 2.75) is 24.3 Å². The lowest BCUT2D eigenvalue weighted by Gasteiger charge is -2.13. The minimum Gasteiger partial charge on any atom is -0.329 e. The van der Waals surface area contributed by atoms with Crippen LogP contribution in [-0.4, -0.2) is 34.0 Å². The van der Waals surface area contributed by atoms with Crippen LogP contribution in [0.4, 0.5) is 5.69 Å². The number of nitrogens with one attached hydrogen (secondary N) is 1. The molecule has 104 valence electrons. The summed E-state index contributed by atoms with van der Waals surface area (Å²) in [6.45, 7) is 1.92. The predicted octanol–water partition coefficient (Wildman–Crippen LogP) is -0.169. The molecule has 6 nitrogen and oxygen atoms in total. The molecule has 1 atom stereocenters. The molecule has 1 aromatic carbocycles. The smallest absolute Gasteiger partial charge is 0.240 e. The van der Waals surface area contributed by atoms with Crippen LogP contribution in [0, 0.1) is 0 Å². The quantitative estimate of drug-likeness (QED) is 0.802. The van der Waals surface area contributed by atoms with Crippen molar-refractivity contribution < 1.29 is 13.2 Å². The fraction of sp³-hybridized carbons (Fsp3) is 0.417. The standard InChI is InChI=1S/C12H17N3O3S/c1-8(7-13)14-19(17,18)10-3-4-11-9(5-10)6-12(16)15(11)2/h3-5,8,14H,6-7,13H2,1-2H3/t8-/m1/s1. The lowest BCUT2D eigenvalue weighted by Crippen LogP contribution is -2.37. The molecule has 2 rings (SSSR count). The van der Waals surface area contributed by atoms with Crippen molar-refractivity contribution in [2.75, 3.05) is 18.5 Å². The van der Waals surface area contributed by atoms with Crippen LogP contribution < -0.4 is 15.4 Å². The fourth-order valence-corrected chi connectivity index (χ4v) is 3.30. The van der Waals surface area contributed by atoms with Gasteiger partial charge < -0.3 is 10.6 Å². The molecule has 3 N–H and O–H groups in total. The molecule has 1 aliphatic heterocycles. The van der Waals surface area contributed by atoms with Crippen molar-refractivity contribution in [3.05, 3.63) is 23.8 Å². The summed E-state index contributed by atoms with van der Waals surface area (Å²) >= 11 is 0. The first-order chi connectivity index (χ1) is 8.85. The number of nitrogens with zero attached hydrogens (tertiary/aromatic N) is 1. The number of nitrogens with two attached hydrogens (primary N) is 1. The summed E-state index contributed by atoms with van der Waals surface area (Å²) in [4.78, 5) is 13.3. The summed E-state index contributed by atoms with van der Waals surface area (Å²) in [5, 5.41) is 0. The summed E-state index contributed by atoms with van der Waals surface area (Å²) in [7, 11) is -1.91. The van der Waals surface area contributed by atoms with Gasteiger partial charge in [-0.2, -0.15) is 0 Å². The highest BCUT2D eigenvalue weighted by molar-refractivity contribution is 7.89. The molecule has 1 heterocycles. The summed E-state index contributed by atoms with van der Waals surface area (Å²) < 4.78 is 26.7. The van der Waals surface area contributed by atoms with E-state index < -0.39 is 10.0 Å². The van der Waals surface area contributed by atoms with Gasteiger partial charge in [0.1, 0.15) is 0 Å². The Labute approximate surface area is 112 Å². The van der Waals surface area contributed by atoms with Crippen molar-refractivity contribution >= 4 is 21.6 Å². The Hall–Kier alpha value is -1.44. The van der Waals surface area contributed by atoms with E-state index in [4.69, 9.17) is 5.73 Å². The number of anilines is 1. The number of hydrogen-bond acceptors (Lipinski definition) is 4. The highest BCUT2D eigenvalue weighted by atomic mass is 32.2. The first kappa shape index (κ1) is 14.0. The molecule has 7 heteroatoms. The van der Waals surface area contributed by atoms with Gasteiger partial charge in [0.2, 0.25) is 15.9 Å². The van der Waals surface area contributed by atoms with Crippen LogP contribution >= 0.6 is 0 Å². The molecule has 0 aliphatic carbocycles. The molecule has 0 saturated heterocycles. The van der Waals surface area contributed by atoms with Gasteiger partial charge in [-0.15, -0.1) is 0 Å². The highest BCUT2D eigenvalue weighted by Crippen LogP contribution is 2.29. The van der Waals surface area contributed by atoms with E-state index in [-0.39, 0.29) is 29.8 Å². The Kier molecular flexibility index (Phi) is 3.62. The maximum atomic E-state index is 12.1. The van der Waals surface area contributed by atoms with Crippen molar-refractivity contribution in [1.82, 2.24) is 4.72 Å². The van der Waals surface area contributed by atoms with E-state index in [1.165, 1.54) is 11.0 Å². The number of carbonyl (C=O) groups excluding carboxylic acids is 1. The van der Waals surface area contributed by atoms with Crippen molar-refractivity contribution in [3.63, 3.8) is 0 Å². The first-order valence-corrected chi connectivity index (χ1v) is 7.45. The van der Waals surface area contributed by atoms with Crippen LogP contribution in [0.1, 0.15) is 12.5 Å². The zero-order chi connectivity index (χ0) is 14.2. The van der Waals surface area contributed by atoms with Crippen LogP contribution in [0.5, 0.6) is 0 Å². The van der Waals surface area contributed by atoms with E-state index in [0.717, 1.165) is 11.3 Å². The Bertz CT molecular complexity index is 613. The molecule has 0 spiro atoms. The monoisotopic (exact) mass is 283 g/mol. The van der Waals surface area contributed by atoms with Gasteiger partial charge in [-0.05, 0) is 30.7 Å². The largest absolute Gasteiger partial charge is 0.329 e. The Morgan fingerprint density at radius 1 is 1.47 bits per heavy atom. The molecule has 0 bridgehead atoms. The molecule has 0 radical (unpaired) electrons.